The van der Waals surface area contributed by atoms with E-state index in [1.54, 1.807) is 7.11 Å². The monoisotopic (exact) mass is 271 g/mol. The fourth-order valence-corrected chi connectivity index (χ4v) is 2.00. The van der Waals surface area contributed by atoms with E-state index in [1.807, 2.05) is 6.92 Å². The minimum absolute atomic E-state index is 0.0391. The van der Waals surface area contributed by atoms with Crippen molar-refractivity contribution in [1.29, 1.82) is 0 Å². The van der Waals surface area contributed by atoms with Gasteiger partial charge in [-0.1, -0.05) is 6.92 Å². The summed E-state index contributed by atoms with van der Waals surface area (Å²) in [6, 6.07) is 3.66. The van der Waals surface area contributed by atoms with E-state index in [1.165, 1.54) is 12.1 Å². The smallest absolute Gasteiger partial charge is 0.126 e. The third kappa shape index (κ3) is 5.66. The van der Waals surface area contributed by atoms with Crippen LogP contribution >= 0.6 is 0 Å². The maximum Gasteiger partial charge on any atom is 0.126 e. The third-order valence-corrected chi connectivity index (χ3v) is 3.19. The minimum Gasteiger partial charge on any atom is -0.382 e. The van der Waals surface area contributed by atoms with Gasteiger partial charge in [-0.2, -0.15) is 0 Å². The predicted octanol–water partition coefficient (Wildman–Crippen LogP) is 3.82. The highest BCUT2D eigenvalue weighted by molar-refractivity contribution is 5.21. The Balaban J connectivity index is 2.76. The van der Waals surface area contributed by atoms with Crippen LogP contribution in [-0.2, 0) is 4.74 Å². The van der Waals surface area contributed by atoms with Crippen molar-refractivity contribution in [3.63, 3.8) is 0 Å². The Bertz CT molecular complexity index is 364. The van der Waals surface area contributed by atoms with Crippen LogP contribution in [0, 0.1) is 11.6 Å². The normalized spacial score (nSPS) is 14.4. The van der Waals surface area contributed by atoms with E-state index in [2.05, 4.69) is 12.2 Å². The van der Waals surface area contributed by atoms with Crippen molar-refractivity contribution in [3.05, 3.63) is 35.4 Å². The Hall–Kier alpha value is -1.00. The molecular formula is C15H23F2NO. The fraction of sp³-hybridized carbons (Fsp3) is 0.600. The summed E-state index contributed by atoms with van der Waals surface area (Å²) >= 11 is 0. The van der Waals surface area contributed by atoms with Crippen LogP contribution in [-0.4, -0.2) is 19.8 Å². The average molecular weight is 271 g/mol. The summed E-state index contributed by atoms with van der Waals surface area (Å²) in [7, 11) is 1.67. The number of hydrogen-bond acceptors (Lipinski definition) is 2. The molecule has 0 aliphatic rings. The molecular weight excluding hydrogens is 248 g/mol. The van der Waals surface area contributed by atoms with Crippen molar-refractivity contribution in [3.8, 4) is 0 Å². The van der Waals surface area contributed by atoms with Gasteiger partial charge in [0.2, 0.25) is 0 Å². The van der Waals surface area contributed by atoms with Crippen LogP contribution in [0.1, 0.15) is 44.7 Å². The first-order chi connectivity index (χ1) is 9.06. The molecule has 0 radical (unpaired) electrons. The molecule has 0 aliphatic heterocycles. The second-order valence-electron chi connectivity index (χ2n) is 4.83. The molecule has 0 fully saturated rings. The van der Waals surface area contributed by atoms with Gasteiger partial charge in [-0.3, -0.25) is 0 Å². The summed E-state index contributed by atoms with van der Waals surface area (Å²) in [5, 5.41) is 3.33. The number of hydrogen-bond donors (Lipinski definition) is 1. The SMILES string of the molecule is CCCNC(CCC(C)OC)c1cc(F)cc(F)c1. The summed E-state index contributed by atoms with van der Waals surface area (Å²) in [5.74, 6) is -1.06. The molecule has 0 saturated heterocycles. The lowest BCUT2D eigenvalue weighted by Crippen LogP contribution is -2.23. The topological polar surface area (TPSA) is 21.3 Å². The number of nitrogens with one attached hydrogen (secondary N) is 1. The first kappa shape index (κ1) is 16.1. The molecule has 19 heavy (non-hydrogen) atoms. The number of ether oxygens (including phenoxy) is 1. The number of rotatable bonds is 8. The Kier molecular flexibility index (Phi) is 6.95. The highest BCUT2D eigenvalue weighted by atomic mass is 19.1. The molecule has 4 heteroatoms. The zero-order valence-electron chi connectivity index (χ0n) is 11.9. The molecule has 1 aromatic carbocycles. The summed E-state index contributed by atoms with van der Waals surface area (Å²) < 4.78 is 31.8. The Morgan fingerprint density at radius 1 is 1.16 bits per heavy atom. The highest BCUT2D eigenvalue weighted by Crippen LogP contribution is 2.22. The van der Waals surface area contributed by atoms with Gasteiger partial charge in [0, 0.05) is 19.2 Å². The third-order valence-electron chi connectivity index (χ3n) is 3.19. The molecule has 1 rings (SSSR count). The van der Waals surface area contributed by atoms with Gasteiger partial charge in [-0.15, -0.1) is 0 Å². The molecule has 0 bridgehead atoms. The molecule has 0 aromatic heterocycles. The zero-order chi connectivity index (χ0) is 14.3. The zero-order valence-corrected chi connectivity index (χ0v) is 11.9. The van der Waals surface area contributed by atoms with Crippen molar-refractivity contribution in [2.75, 3.05) is 13.7 Å². The van der Waals surface area contributed by atoms with Gasteiger partial charge >= 0.3 is 0 Å². The molecule has 0 saturated carbocycles. The summed E-state index contributed by atoms with van der Waals surface area (Å²) in [6.07, 6.45) is 2.76. The van der Waals surface area contributed by atoms with Crippen molar-refractivity contribution < 1.29 is 13.5 Å². The summed E-state index contributed by atoms with van der Waals surface area (Å²) in [5.41, 5.74) is 0.661. The van der Waals surface area contributed by atoms with Crippen LogP contribution in [0.3, 0.4) is 0 Å². The van der Waals surface area contributed by atoms with Gasteiger partial charge < -0.3 is 10.1 Å². The molecule has 1 aromatic rings. The van der Waals surface area contributed by atoms with Crippen LogP contribution in [0.2, 0.25) is 0 Å². The van der Waals surface area contributed by atoms with E-state index < -0.39 is 11.6 Å². The molecule has 2 atom stereocenters. The van der Waals surface area contributed by atoms with E-state index in [9.17, 15) is 8.78 Å². The molecule has 0 aliphatic carbocycles. The minimum atomic E-state index is -0.530. The van der Waals surface area contributed by atoms with Crippen molar-refractivity contribution in [1.82, 2.24) is 5.32 Å². The lowest BCUT2D eigenvalue weighted by molar-refractivity contribution is 0.106. The second-order valence-corrected chi connectivity index (χ2v) is 4.83. The molecule has 2 nitrogen and oxygen atoms in total. The van der Waals surface area contributed by atoms with E-state index >= 15 is 0 Å². The molecule has 0 amide bonds. The average Bonchev–Trinajstić information content (AvgIpc) is 2.37. The lowest BCUT2D eigenvalue weighted by atomic mass is 10.00. The fourth-order valence-electron chi connectivity index (χ4n) is 2.00. The van der Waals surface area contributed by atoms with E-state index in [-0.39, 0.29) is 12.1 Å². The van der Waals surface area contributed by atoms with Crippen LogP contribution in [0.4, 0.5) is 8.78 Å². The van der Waals surface area contributed by atoms with Crippen LogP contribution < -0.4 is 5.32 Å². The number of benzene rings is 1. The maximum atomic E-state index is 13.3. The van der Waals surface area contributed by atoms with E-state index in [0.29, 0.717) is 5.56 Å². The van der Waals surface area contributed by atoms with Gasteiger partial charge in [0.1, 0.15) is 11.6 Å². The molecule has 1 N–H and O–H groups in total. The van der Waals surface area contributed by atoms with Gasteiger partial charge in [0.05, 0.1) is 6.10 Å². The van der Waals surface area contributed by atoms with Crippen LogP contribution in [0.15, 0.2) is 18.2 Å². The second kappa shape index (κ2) is 8.23. The number of halogens is 2. The van der Waals surface area contributed by atoms with E-state index in [0.717, 1.165) is 31.9 Å². The standard InChI is InChI=1S/C15H23F2NO/c1-4-7-18-15(6-5-11(2)19-3)12-8-13(16)10-14(17)9-12/h8-11,15,18H,4-7H2,1-3H3. The Morgan fingerprint density at radius 2 is 1.79 bits per heavy atom. The first-order valence-corrected chi connectivity index (χ1v) is 6.79. The quantitative estimate of drug-likeness (QED) is 0.776. The van der Waals surface area contributed by atoms with Crippen molar-refractivity contribution >= 4 is 0 Å². The largest absolute Gasteiger partial charge is 0.382 e. The van der Waals surface area contributed by atoms with Crippen molar-refractivity contribution in [2.45, 2.75) is 45.3 Å². The molecule has 2 unspecified atom stereocenters. The van der Waals surface area contributed by atoms with Crippen molar-refractivity contribution in [2.24, 2.45) is 0 Å². The molecule has 108 valence electrons. The summed E-state index contributed by atoms with van der Waals surface area (Å²) in [4.78, 5) is 0. The Labute approximate surface area is 114 Å². The molecule has 0 heterocycles. The van der Waals surface area contributed by atoms with Gasteiger partial charge in [-0.25, -0.2) is 8.78 Å². The van der Waals surface area contributed by atoms with Crippen LogP contribution in [0.5, 0.6) is 0 Å². The predicted molar refractivity (Wildman–Crippen MR) is 73.1 cm³/mol. The lowest BCUT2D eigenvalue weighted by Gasteiger charge is -2.21. The first-order valence-electron chi connectivity index (χ1n) is 6.79. The van der Waals surface area contributed by atoms with Gasteiger partial charge in [0.25, 0.3) is 0 Å². The van der Waals surface area contributed by atoms with E-state index in [4.69, 9.17) is 4.74 Å². The van der Waals surface area contributed by atoms with Gasteiger partial charge in [-0.05, 0) is 50.4 Å². The van der Waals surface area contributed by atoms with Gasteiger partial charge in [0.15, 0.2) is 0 Å². The maximum absolute atomic E-state index is 13.3. The highest BCUT2D eigenvalue weighted by Gasteiger charge is 2.14. The Morgan fingerprint density at radius 3 is 2.32 bits per heavy atom. The summed E-state index contributed by atoms with van der Waals surface area (Å²) in [6.45, 7) is 4.88. The molecule has 0 spiro atoms. The number of methoxy groups -OCH3 is 1. The van der Waals surface area contributed by atoms with Crippen LogP contribution in [0.25, 0.3) is 0 Å².